The normalized spacial score (nSPS) is 14.7. The molecule has 0 spiro atoms. The molecule has 0 fully saturated rings. The van der Waals surface area contributed by atoms with E-state index in [0.29, 0.717) is 17.0 Å². The van der Waals surface area contributed by atoms with Gasteiger partial charge in [0.05, 0.1) is 16.5 Å². The molecule has 1 aliphatic heterocycles. The highest BCUT2D eigenvalue weighted by molar-refractivity contribution is 6.21. The number of carbonyl (C=O) groups excluding carboxylic acids is 2. The Morgan fingerprint density at radius 2 is 1.55 bits per heavy atom. The molecule has 0 aromatic heterocycles. The highest BCUT2D eigenvalue weighted by Gasteiger charge is 2.41. The minimum absolute atomic E-state index is 0.255. The third-order valence-corrected chi connectivity index (χ3v) is 3.14. The first-order chi connectivity index (χ1) is 9.15. The molecule has 0 saturated carbocycles. The molecule has 20 heavy (non-hydrogen) atoms. The Morgan fingerprint density at radius 1 is 1.15 bits per heavy atom. The number of amides is 2. The topological polar surface area (TPSA) is 74.7 Å². The molecule has 2 rings (SSSR count). The molecular formula is C13H11F2NO4. The molecule has 1 heterocycles. The summed E-state index contributed by atoms with van der Waals surface area (Å²) in [6, 6.07) is 1.30. The van der Waals surface area contributed by atoms with Gasteiger partial charge in [0.25, 0.3) is 11.8 Å². The van der Waals surface area contributed by atoms with Crippen LogP contribution in [-0.4, -0.2) is 34.3 Å². The van der Waals surface area contributed by atoms with E-state index in [4.69, 9.17) is 5.11 Å². The highest BCUT2D eigenvalue weighted by atomic mass is 19.2. The van der Waals surface area contributed by atoms with Crippen molar-refractivity contribution < 1.29 is 28.3 Å². The first-order valence-corrected chi connectivity index (χ1v) is 5.74. The minimum Gasteiger partial charge on any atom is -0.481 e. The first-order valence-electron chi connectivity index (χ1n) is 5.74. The number of hydrogen-bond acceptors (Lipinski definition) is 3. The largest absolute Gasteiger partial charge is 0.481 e. The van der Waals surface area contributed by atoms with Gasteiger partial charge in [0.1, 0.15) is 0 Å². The van der Waals surface area contributed by atoms with Crippen molar-refractivity contribution in [2.75, 3.05) is 6.54 Å². The Morgan fingerprint density at radius 3 is 1.90 bits per heavy atom. The molecule has 1 aromatic carbocycles. The number of aliphatic carboxylic acids is 1. The van der Waals surface area contributed by atoms with E-state index in [9.17, 15) is 23.2 Å². The van der Waals surface area contributed by atoms with Crippen molar-refractivity contribution >= 4 is 17.8 Å². The number of hydrogen-bond donors (Lipinski definition) is 1. The molecular weight excluding hydrogens is 272 g/mol. The number of carboxylic acids is 1. The molecule has 1 aliphatic rings. The van der Waals surface area contributed by atoms with Crippen LogP contribution in [0.3, 0.4) is 0 Å². The summed E-state index contributed by atoms with van der Waals surface area (Å²) in [6.45, 7) is 2.32. The summed E-state index contributed by atoms with van der Waals surface area (Å²) in [6.07, 6.45) is 0. The summed E-state index contributed by atoms with van der Waals surface area (Å²) in [5.41, 5.74) is -1.87. The summed E-state index contributed by atoms with van der Waals surface area (Å²) < 4.78 is 26.2. The Kier molecular flexibility index (Phi) is 3.08. The maximum absolute atomic E-state index is 13.1. The van der Waals surface area contributed by atoms with Crippen LogP contribution in [0.5, 0.6) is 0 Å². The van der Waals surface area contributed by atoms with Crippen LogP contribution in [0.1, 0.15) is 34.6 Å². The van der Waals surface area contributed by atoms with Crippen LogP contribution < -0.4 is 0 Å². The predicted molar refractivity (Wildman–Crippen MR) is 63.1 cm³/mol. The number of imide groups is 1. The quantitative estimate of drug-likeness (QED) is 0.856. The van der Waals surface area contributed by atoms with Gasteiger partial charge in [0.2, 0.25) is 0 Å². The Hall–Kier alpha value is -2.31. The van der Waals surface area contributed by atoms with Gasteiger partial charge in [-0.2, -0.15) is 0 Å². The zero-order valence-corrected chi connectivity index (χ0v) is 10.7. The van der Waals surface area contributed by atoms with Crippen LogP contribution in [0.15, 0.2) is 12.1 Å². The summed E-state index contributed by atoms with van der Waals surface area (Å²) in [4.78, 5) is 35.7. The predicted octanol–water partition coefficient (Wildman–Crippen LogP) is 1.67. The Labute approximate surface area is 112 Å². The zero-order chi connectivity index (χ0) is 15.2. The van der Waals surface area contributed by atoms with E-state index in [2.05, 4.69) is 0 Å². The van der Waals surface area contributed by atoms with Crippen LogP contribution in [0.4, 0.5) is 8.78 Å². The second-order valence-corrected chi connectivity index (χ2v) is 5.20. The lowest BCUT2D eigenvalue weighted by molar-refractivity contribution is -0.147. The van der Waals surface area contributed by atoms with Gasteiger partial charge in [-0.1, -0.05) is 0 Å². The number of nitrogens with zero attached hydrogens (tertiary/aromatic N) is 1. The van der Waals surface area contributed by atoms with Crippen molar-refractivity contribution in [3.05, 3.63) is 34.9 Å². The smallest absolute Gasteiger partial charge is 0.310 e. The monoisotopic (exact) mass is 283 g/mol. The van der Waals surface area contributed by atoms with E-state index in [-0.39, 0.29) is 17.7 Å². The third-order valence-electron chi connectivity index (χ3n) is 3.14. The molecule has 0 radical (unpaired) electrons. The van der Waals surface area contributed by atoms with E-state index in [0.717, 1.165) is 0 Å². The van der Waals surface area contributed by atoms with Gasteiger partial charge in [-0.05, 0) is 26.0 Å². The van der Waals surface area contributed by atoms with Crippen molar-refractivity contribution in [2.24, 2.45) is 5.41 Å². The first kappa shape index (κ1) is 14.1. The van der Waals surface area contributed by atoms with Gasteiger partial charge in [-0.15, -0.1) is 0 Å². The van der Waals surface area contributed by atoms with Gasteiger partial charge in [-0.25, -0.2) is 8.78 Å². The van der Waals surface area contributed by atoms with E-state index in [1.54, 1.807) is 0 Å². The van der Waals surface area contributed by atoms with Crippen LogP contribution in [0.2, 0.25) is 0 Å². The summed E-state index contributed by atoms with van der Waals surface area (Å²) in [5, 5.41) is 9.01. The van der Waals surface area contributed by atoms with Gasteiger partial charge in [0.15, 0.2) is 11.6 Å². The van der Waals surface area contributed by atoms with E-state index in [1.807, 2.05) is 0 Å². The van der Waals surface area contributed by atoms with Crippen LogP contribution >= 0.6 is 0 Å². The SMILES string of the molecule is CC(C)(CN1C(=O)c2cc(F)c(F)cc2C1=O)C(=O)O. The average Bonchev–Trinajstić information content (AvgIpc) is 2.55. The number of carboxylic acid groups (broad SMARTS) is 1. The number of carbonyl (C=O) groups is 3. The third kappa shape index (κ3) is 2.04. The number of rotatable bonds is 3. The van der Waals surface area contributed by atoms with Crippen LogP contribution in [0.25, 0.3) is 0 Å². The molecule has 106 valence electrons. The number of benzene rings is 1. The van der Waals surface area contributed by atoms with Crippen molar-refractivity contribution in [3.8, 4) is 0 Å². The van der Waals surface area contributed by atoms with Gasteiger partial charge >= 0.3 is 5.97 Å². The van der Waals surface area contributed by atoms with E-state index < -0.39 is 34.8 Å². The lowest BCUT2D eigenvalue weighted by Gasteiger charge is -2.24. The fourth-order valence-corrected chi connectivity index (χ4v) is 1.89. The zero-order valence-electron chi connectivity index (χ0n) is 10.7. The lowest BCUT2D eigenvalue weighted by atomic mass is 9.93. The Bertz CT molecular complexity index is 599. The van der Waals surface area contributed by atoms with Crippen molar-refractivity contribution in [1.82, 2.24) is 4.90 Å². The molecule has 0 saturated heterocycles. The molecule has 1 N–H and O–H groups in total. The molecule has 0 unspecified atom stereocenters. The lowest BCUT2D eigenvalue weighted by Crippen LogP contribution is -2.42. The Balaban J connectivity index is 2.40. The second kappa shape index (κ2) is 4.36. The van der Waals surface area contributed by atoms with Crippen LogP contribution in [0, 0.1) is 17.0 Å². The molecule has 5 nitrogen and oxygen atoms in total. The van der Waals surface area contributed by atoms with Crippen molar-refractivity contribution in [2.45, 2.75) is 13.8 Å². The van der Waals surface area contributed by atoms with Gasteiger partial charge in [-0.3, -0.25) is 19.3 Å². The minimum atomic E-state index is -1.36. The maximum Gasteiger partial charge on any atom is 0.310 e. The molecule has 1 aromatic rings. The van der Waals surface area contributed by atoms with E-state index >= 15 is 0 Å². The fourth-order valence-electron chi connectivity index (χ4n) is 1.89. The molecule has 0 aliphatic carbocycles. The van der Waals surface area contributed by atoms with Gasteiger partial charge < -0.3 is 5.11 Å². The number of fused-ring (bicyclic) bond motifs is 1. The van der Waals surface area contributed by atoms with Crippen molar-refractivity contribution in [1.29, 1.82) is 0 Å². The molecule has 2 amide bonds. The fraction of sp³-hybridized carbons (Fsp3) is 0.308. The van der Waals surface area contributed by atoms with Gasteiger partial charge in [0, 0.05) is 6.54 Å². The standard InChI is InChI=1S/C13H11F2NO4/c1-13(2,12(19)20)5-16-10(17)6-3-8(14)9(15)4-7(6)11(16)18/h3-4H,5H2,1-2H3,(H,19,20). The van der Waals surface area contributed by atoms with E-state index in [1.165, 1.54) is 13.8 Å². The maximum atomic E-state index is 13.1. The van der Waals surface area contributed by atoms with Crippen LogP contribution in [-0.2, 0) is 4.79 Å². The summed E-state index contributed by atoms with van der Waals surface area (Å²) in [5.74, 6) is -5.30. The highest BCUT2D eigenvalue weighted by Crippen LogP contribution is 2.28. The second-order valence-electron chi connectivity index (χ2n) is 5.20. The molecule has 7 heteroatoms. The number of halogens is 2. The summed E-state index contributed by atoms with van der Waals surface area (Å²) in [7, 11) is 0. The average molecular weight is 283 g/mol. The summed E-state index contributed by atoms with van der Waals surface area (Å²) >= 11 is 0. The van der Waals surface area contributed by atoms with Crippen molar-refractivity contribution in [3.63, 3.8) is 0 Å². The molecule has 0 bridgehead atoms. The molecule has 0 atom stereocenters.